The number of fused-ring (bicyclic) bond motifs is 1. The molecule has 0 fully saturated rings. The molecule has 0 saturated carbocycles. The summed E-state index contributed by atoms with van der Waals surface area (Å²) in [6.45, 7) is 2.62. The number of aryl methyl sites for hydroxylation is 1. The first kappa shape index (κ1) is 24.9. The van der Waals surface area contributed by atoms with Crippen LogP contribution in [0.15, 0.2) is 62.5 Å². The number of sulfonamides is 1. The second kappa shape index (κ2) is 9.57. The zero-order chi connectivity index (χ0) is 26.3. The lowest BCUT2D eigenvalue weighted by Crippen LogP contribution is -2.34. The van der Waals surface area contributed by atoms with E-state index in [4.69, 9.17) is 16.3 Å². The Kier molecular flexibility index (Phi) is 6.43. The molecule has 0 atom stereocenters. The number of aromatic nitrogens is 2. The molecule has 10 nitrogen and oxygen atoms in total. The third kappa shape index (κ3) is 4.92. The number of anilines is 1. The molecule has 5 rings (SSSR count). The van der Waals surface area contributed by atoms with Crippen molar-refractivity contribution >= 4 is 61.5 Å². The van der Waals surface area contributed by atoms with Gasteiger partial charge in [-0.2, -0.15) is 0 Å². The minimum absolute atomic E-state index is 0.0282. The highest BCUT2D eigenvalue weighted by Gasteiger charge is 2.21. The van der Waals surface area contributed by atoms with Crippen LogP contribution >= 0.6 is 22.9 Å². The van der Waals surface area contributed by atoms with Gasteiger partial charge in [0.15, 0.2) is 0 Å². The van der Waals surface area contributed by atoms with Crippen LogP contribution in [0.4, 0.5) is 14.9 Å². The molecule has 1 aliphatic heterocycles. The molecule has 2 amide bonds. The van der Waals surface area contributed by atoms with E-state index in [0.717, 1.165) is 22.0 Å². The number of urea groups is 1. The summed E-state index contributed by atoms with van der Waals surface area (Å²) in [6.07, 6.45) is 0. The lowest BCUT2D eigenvalue weighted by molar-refractivity contribution is 0.256. The number of benzene rings is 2. The normalized spacial score (nSPS) is 13.3. The molecule has 4 aromatic rings. The minimum atomic E-state index is -4.15. The summed E-state index contributed by atoms with van der Waals surface area (Å²) >= 11 is 6.53. The van der Waals surface area contributed by atoms with E-state index in [1.807, 2.05) is 4.72 Å². The van der Waals surface area contributed by atoms with E-state index in [1.165, 1.54) is 24.3 Å². The topological polar surface area (TPSA) is 132 Å². The van der Waals surface area contributed by atoms with E-state index in [-0.39, 0.29) is 31.1 Å². The smallest absolute Gasteiger partial charge is 0.333 e. The largest absolute Gasteiger partial charge is 0.476 e. The first-order valence-corrected chi connectivity index (χ1v) is 13.4. The van der Waals surface area contributed by atoms with Crippen LogP contribution < -0.4 is 15.6 Å². The maximum Gasteiger partial charge on any atom is 0.333 e. The zero-order valence-corrected chi connectivity index (χ0v) is 21.4. The summed E-state index contributed by atoms with van der Waals surface area (Å²) in [6, 6.07) is 10.1. The molecule has 190 valence electrons. The number of hydrogen-bond acceptors (Lipinski definition) is 8. The highest BCUT2D eigenvalue weighted by molar-refractivity contribution is 7.92. The van der Waals surface area contributed by atoms with Crippen LogP contribution in [0.5, 0.6) is 0 Å². The molecule has 0 spiro atoms. The van der Waals surface area contributed by atoms with Crippen LogP contribution in [0.3, 0.4) is 0 Å². The molecular weight excluding hydrogens is 545 g/mol. The Morgan fingerprint density at radius 2 is 2.00 bits per heavy atom. The summed E-state index contributed by atoms with van der Waals surface area (Å²) < 4.78 is 48.2. The fourth-order valence-electron chi connectivity index (χ4n) is 3.76. The van der Waals surface area contributed by atoms with Gasteiger partial charge in [-0.1, -0.05) is 11.6 Å². The molecule has 1 aliphatic rings. The number of aliphatic imine (C=N–C) groups is 1. The van der Waals surface area contributed by atoms with E-state index in [1.54, 1.807) is 25.1 Å². The van der Waals surface area contributed by atoms with Crippen molar-refractivity contribution in [2.24, 2.45) is 4.99 Å². The average Bonchev–Trinajstić information content (AvgIpc) is 3.52. The van der Waals surface area contributed by atoms with Gasteiger partial charge >= 0.3 is 6.03 Å². The highest BCUT2D eigenvalue weighted by Crippen LogP contribution is 2.25. The van der Waals surface area contributed by atoms with Gasteiger partial charge in [-0.3, -0.25) is 9.36 Å². The van der Waals surface area contributed by atoms with Crippen LogP contribution in [0.25, 0.3) is 16.6 Å². The molecule has 0 bridgehead atoms. The number of amides is 2. The quantitative estimate of drug-likeness (QED) is 0.380. The van der Waals surface area contributed by atoms with Crippen molar-refractivity contribution in [3.05, 3.63) is 80.4 Å². The van der Waals surface area contributed by atoms with Gasteiger partial charge in [-0.25, -0.2) is 32.3 Å². The van der Waals surface area contributed by atoms with E-state index in [9.17, 15) is 18.0 Å². The number of halogens is 2. The Bertz CT molecular complexity index is 1770. The Morgan fingerprint density at radius 3 is 2.68 bits per heavy atom. The van der Waals surface area contributed by atoms with Gasteiger partial charge in [0.1, 0.15) is 22.5 Å². The van der Waals surface area contributed by atoms with Crippen molar-refractivity contribution in [3.8, 4) is 5.69 Å². The fraction of sp³-hybridized carbons (Fsp3) is 0.130. The molecule has 14 heteroatoms. The lowest BCUT2D eigenvalue weighted by atomic mass is 10.1. The number of hydrogen-bond donors (Lipinski definition) is 2. The average molecular weight is 562 g/mol. The minimum Gasteiger partial charge on any atom is -0.476 e. The Hall–Kier alpha value is -3.81. The van der Waals surface area contributed by atoms with Gasteiger partial charge in [-0.05, 0) is 55.5 Å². The van der Waals surface area contributed by atoms with Gasteiger partial charge in [0.05, 0.1) is 27.5 Å². The van der Waals surface area contributed by atoms with E-state index in [2.05, 4.69) is 15.3 Å². The summed E-state index contributed by atoms with van der Waals surface area (Å²) in [7, 11) is -4.15. The van der Waals surface area contributed by atoms with Crippen LogP contribution in [0, 0.1) is 12.7 Å². The van der Waals surface area contributed by atoms with Crippen molar-refractivity contribution in [3.63, 3.8) is 0 Å². The highest BCUT2D eigenvalue weighted by atomic mass is 35.5. The Morgan fingerprint density at radius 1 is 1.19 bits per heavy atom. The number of nitrogens with zero attached hydrogens (tertiary/aromatic N) is 3. The van der Waals surface area contributed by atoms with Crippen LogP contribution in [-0.2, 0) is 14.8 Å². The van der Waals surface area contributed by atoms with Crippen molar-refractivity contribution < 1.29 is 22.3 Å². The summed E-state index contributed by atoms with van der Waals surface area (Å²) in [5.74, 6) is -0.111. The van der Waals surface area contributed by atoms with E-state index >= 15 is 4.39 Å². The van der Waals surface area contributed by atoms with Crippen molar-refractivity contribution in [1.82, 2.24) is 14.3 Å². The standard InChI is InChI=1S/C23H17ClFN5O5S2/c1-12-27-17-10-13(21-26-8-9-35-21)2-4-15(17)22(31)30(12)18-5-3-14(11-16(18)25)28-23(32)29-37(33,34)20-7-6-19(24)36-20/h2-7,10-11H,8-9H2,1H3,(H2,28,29,32). The molecule has 0 unspecified atom stereocenters. The SMILES string of the molecule is Cc1nc2cc(C3=NCCO3)ccc2c(=O)n1-c1ccc(NC(=O)NS(=O)(=O)c2ccc(Cl)s2)cc1F. The van der Waals surface area contributed by atoms with Crippen molar-refractivity contribution in [1.29, 1.82) is 0 Å². The predicted octanol–water partition coefficient (Wildman–Crippen LogP) is 3.84. The third-order valence-corrected chi connectivity index (χ3v) is 8.41. The summed E-state index contributed by atoms with van der Waals surface area (Å²) in [5, 5.41) is 2.53. The first-order valence-electron chi connectivity index (χ1n) is 10.7. The van der Waals surface area contributed by atoms with Crippen LogP contribution in [0.2, 0.25) is 4.34 Å². The van der Waals surface area contributed by atoms with Gasteiger partial charge < -0.3 is 10.1 Å². The molecular formula is C23H17ClFN5O5S2. The van der Waals surface area contributed by atoms with Crippen LogP contribution in [0.1, 0.15) is 11.4 Å². The fourth-order valence-corrected chi connectivity index (χ4v) is 6.15. The monoisotopic (exact) mass is 561 g/mol. The van der Waals surface area contributed by atoms with E-state index < -0.39 is 27.4 Å². The molecule has 2 N–H and O–H groups in total. The van der Waals surface area contributed by atoms with Crippen molar-refractivity contribution in [2.75, 3.05) is 18.5 Å². The Labute approximate surface area is 218 Å². The van der Waals surface area contributed by atoms with Crippen LogP contribution in [-0.4, -0.2) is 43.0 Å². The Balaban J connectivity index is 1.41. The molecule has 0 aliphatic carbocycles. The van der Waals surface area contributed by atoms with Crippen molar-refractivity contribution in [2.45, 2.75) is 11.1 Å². The first-order chi connectivity index (χ1) is 17.6. The van der Waals surface area contributed by atoms with Gasteiger partial charge in [0, 0.05) is 11.3 Å². The van der Waals surface area contributed by atoms with Gasteiger partial charge in [-0.15, -0.1) is 11.3 Å². The number of carbonyl (C=O) groups excluding carboxylic acids is 1. The van der Waals surface area contributed by atoms with E-state index in [0.29, 0.717) is 30.1 Å². The lowest BCUT2D eigenvalue weighted by Gasteiger charge is -2.14. The second-order valence-electron chi connectivity index (χ2n) is 7.85. The summed E-state index contributed by atoms with van der Waals surface area (Å²) in [4.78, 5) is 34.2. The number of carbonyl (C=O) groups is 1. The maximum atomic E-state index is 15.1. The molecule has 3 heterocycles. The number of nitrogens with one attached hydrogen (secondary N) is 2. The molecule has 0 saturated heterocycles. The molecule has 0 radical (unpaired) electrons. The zero-order valence-electron chi connectivity index (χ0n) is 19.0. The number of ether oxygens (including phenoxy) is 1. The number of rotatable bonds is 5. The molecule has 2 aromatic carbocycles. The third-order valence-electron chi connectivity index (χ3n) is 5.36. The van der Waals surface area contributed by atoms with Gasteiger partial charge in [0.25, 0.3) is 15.6 Å². The maximum absolute atomic E-state index is 15.1. The van der Waals surface area contributed by atoms with Gasteiger partial charge in [0.2, 0.25) is 5.90 Å². The predicted molar refractivity (Wildman–Crippen MR) is 138 cm³/mol. The molecule has 2 aromatic heterocycles. The number of thiophene rings is 1. The second-order valence-corrected chi connectivity index (χ2v) is 11.5. The molecule has 37 heavy (non-hydrogen) atoms. The summed E-state index contributed by atoms with van der Waals surface area (Å²) in [5.41, 5.74) is 0.508.